The Morgan fingerprint density at radius 2 is 2.30 bits per heavy atom. The van der Waals surface area contributed by atoms with E-state index in [1.165, 1.54) is 0 Å². The van der Waals surface area contributed by atoms with Gasteiger partial charge in [-0.15, -0.1) is 0 Å². The van der Waals surface area contributed by atoms with Crippen LogP contribution in [-0.4, -0.2) is 24.7 Å². The predicted molar refractivity (Wildman–Crippen MR) is 75.6 cm³/mol. The van der Waals surface area contributed by atoms with Crippen molar-refractivity contribution in [1.29, 1.82) is 0 Å². The second-order valence-electron chi connectivity index (χ2n) is 5.90. The van der Waals surface area contributed by atoms with Crippen LogP contribution in [0.3, 0.4) is 0 Å². The lowest BCUT2D eigenvalue weighted by Crippen LogP contribution is -2.43. The minimum absolute atomic E-state index is 0.0825. The van der Waals surface area contributed by atoms with E-state index in [4.69, 9.17) is 4.74 Å². The van der Waals surface area contributed by atoms with Gasteiger partial charge < -0.3 is 15.2 Å². The number of benzene rings is 1. The second-order valence-corrected chi connectivity index (χ2v) is 5.90. The van der Waals surface area contributed by atoms with Gasteiger partial charge in [0.2, 0.25) is 5.91 Å². The standard InChI is InChI=1S/C16H21NO3/c1-20-13-6-7-14-12(9-13)3-2-8-16(14,19)10-17-15(18)11-4-5-11/h6-7,9,11,19H,2-5,8,10H2,1H3,(H,17,18). The van der Waals surface area contributed by atoms with E-state index in [0.717, 1.165) is 42.6 Å². The van der Waals surface area contributed by atoms with Crippen LogP contribution in [0, 0.1) is 5.92 Å². The minimum Gasteiger partial charge on any atom is -0.497 e. The number of rotatable bonds is 4. The predicted octanol–water partition coefficient (Wildman–Crippen LogP) is 1.75. The summed E-state index contributed by atoms with van der Waals surface area (Å²) in [5, 5.41) is 13.8. The highest BCUT2D eigenvalue weighted by molar-refractivity contribution is 5.80. The maximum absolute atomic E-state index is 11.8. The van der Waals surface area contributed by atoms with Gasteiger partial charge in [-0.05, 0) is 55.4 Å². The fraction of sp³-hybridized carbons (Fsp3) is 0.562. The van der Waals surface area contributed by atoms with Crippen molar-refractivity contribution in [2.75, 3.05) is 13.7 Å². The Kier molecular flexibility index (Phi) is 3.42. The van der Waals surface area contributed by atoms with Gasteiger partial charge >= 0.3 is 0 Å². The summed E-state index contributed by atoms with van der Waals surface area (Å²) in [7, 11) is 1.65. The second kappa shape index (κ2) is 5.09. The lowest BCUT2D eigenvalue weighted by Gasteiger charge is -2.35. The Balaban J connectivity index is 1.78. The molecule has 0 spiro atoms. The van der Waals surface area contributed by atoms with Gasteiger partial charge in [0.15, 0.2) is 0 Å². The summed E-state index contributed by atoms with van der Waals surface area (Å²) >= 11 is 0. The molecule has 0 saturated heterocycles. The fourth-order valence-corrected chi connectivity index (χ4v) is 2.97. The molecular weight excluding hydrogens is 254 g/mol. The SMILES string of the molecule is COc1ccc2c(c1)CCCC2(O)CNC(=O)C1CC1. The van der Waals surface area contributed by atoms with Gasteiger partial charge in [0, 0.05) is 5.92 Å². The van der Waals surface area contributed by atoms with Crippen LogP contribution in [0.5, 0.6) is 5.75 Å². The maximum atomic E-state index is 11.8. The van der Waals surface area contributed by atoms with Crippen LogP contribution in [0.2, 0.25) is 0 Å². The summed E-state index contributed by atoms with van der Waals surface area (Å²) in [6, 6.07) is 5.79. The highest BCUT2D eigenvalue weighted by atomic mass is 16.5. The average molecular weight is 275 g/mol. The first-order valence-electron chi connectivity index (χ1n) is 7.30. The van der Waals surface area contributed by atoms with Crippen LogP contribution in [-0.2, 0) is 16.8 Å². The van der Waals surface area contributed by atoms with E-state index in [1.807, 2.05) is 18.2 Å². The normalized spacial score (nSPS) is 24.9. The number of carbonyl (C=O) groups is 1. The molecule has 0 radical (unpaired) electrons. The van der Waals surface area contributed by atoms with Gasteiger partial charge in [0.1, 0.15) is 11.4 Å². The first kappa shape index (κ1) is 13.4. The Bertz CT molecular complexity index is 524. The number of hydrogen-bond acceptors (Lipinski definition) is 3. The smallest absolute Gasteiger partial charge is 0.223 e. The number of nitrogens with one attached hydrogen (secondary N) is 1. The number of hydrogen-bond donors (Lipinski definition) is 2. The summed E-state index contributed by atoms with van der Waals surface area (Å²) in [5.41, 5.74) is 1.11. The molecule has 2 aliphatic carbocycles. The van der Waals surface area contributed by atoms with E-state index in [1.54, 1.807) is 7.11 Å². The first-order chi connectivity index (χ1) is 9.62. The average Bonchev–Trinajstić information content (AvgIpc) is 3.29. The number of aryl methyl sites for hydroxylation is 1. The number of aliphatic hydroxyl groups is 1. The number of carbonyl (C=O) groups excluding carboxylic acids is 1. The molecule has 0 bridgehead atoms. The third-order valence-corrected chi connectivity index (χ3v) is 4.35. The van der Waals surface area contributed by atoms with Gasteiger partial charge in [0.05, 0.1) is 13.7 Å². The Labute approximate surface area is 119 Å². The molecule has 2 N–H and O–H groups in total. The molecule has 3 rings (SSSR count). The zero-order valence-corrected chi connectivity index (χ0v) is 11.8. The van der Waals surface area contributed by atoms with Crippen LogP contribution in [0.15, 0.2) is 18.2 Å². The van der Waals surface area contributed by atoms with Gasteiger partial charge in [-0.2, -0.15) is 0 Å². The minimum atomic E-state index is -0.940. The van der Waals surface area contributed by atoms with E-state index < -0.39 is 5.60 Å². The summed E-state index contributed by atoms with van der Waals surface area (Å²) in [6.07, 6.45) is 4.54. The highest BCUT2D eigenvalue weighted by Gasteiger charge is 2.36. The zero-order valence-electron chi connectivity index (χ0n) is 11.8. The molecule has 1 atom stereocenters. The molecule has 1 aromatic rings. The third kappa shape index (κ3) is 2.52. The Morgan fingerprint density at radius 3 is 3.00 bits per heavy atom. The molecule has 4 heteroatoms. The number of fused-ring (bicyclic) bond motifs is 1. The maximum Gasteiger partial charge on any atom is 0.223 e. The summed E-state index contributed by atoms with van der Waals surface area (Å²) in [4.78, 5) is 11.8. The highest BCUT2D eigenvalue weighted by Crippen LogP contribution is 2.37. The van der Waals surface area contributed by atoms with Crippen molar-refractivity contribution in [2.45, 2.75) is 37.7 Å². The van der Waals surface area contributed by atoms with Crippen molar-refractivity contribution in [3.05, 3.63) is 29.3 Å². The summed E-state index contributed by atoms with van der Waals surface area (Å²) < 4.78 is 5.23. The number of ether oxygens (including phenoxy) is 1. The molecule has 4 nitrogen and oxygen atoms in total. The molecule has 1 fully saturated rings. The summed E-state index contributed by atoms with van der Waals surface area (Å²) in [5.74, 6) is 1.08. The number of methoxy groups -OCH3 is 1. The van der Waals surface area contributed by atoms with Crippen molar-refractivity contribution in [2.24, 2.45) is 5.92 Å². The van der Waals surface area contributed by atoms with Crippen LogP contribution in [0.1, 0.15) is 36.8 Å². The zero-order chi connectivity index (χ0) is 14.2. The molecule has 108 valence electrons. The Hall–Kier alpha value is -1.55. The van der Waals surface area contributed by atoms with Crippen LogP contribution in [0.25, 0.3) is 0 Å². The Morgan fingerprint density at radius 1 is 1.50 bits per heavy atom. The van der Waals surface area contributed by atoms with Crippen molar-refractivity contribution < 1.29 is 14.6 Å². The van der Waals surface area contributed by atoms with Gasteiger partial charge in [-0.25, -0.2) is 0 Å². The number of amides is 1. The third-order valence-electron chi connectivity index (χ3n) is 4.35. The van der Waals surface area contributed by atoms with E-state index in [9.17, 15) is 9.90 Å². The quantitative estimate of drug-likeness (QED) is 0.880. The monoisotopic (exact) mass is 275 g/mol. The van der Waals surface area contributed by atoms with Gasteiger partial charge in [0.25, 0.3) is 0 Å². The van der Waals surface area contributed by atoms with E-state index in [2.05, 4.69) is 5.32 Å². The molecule has 20 heavy (non-hydrogen) atoms. The van der Waals surface area contributed by atoms with E-state index >= 15 is 0 Å². The van der Waals surface area contributed by atoms with Crippen molar-refractivity contribution in [1.82, 2.24) is 5.32 Å². The molecule has 1 amide bonds. The van der Waals surface area contributed by atoms with E-state index in [-0.39, 0.29) is 11.8 Å². The van der Waals surface area contributed by atoms with Crippen LogP contribution < -0.4 is 10.1 Å². The van der Waals surface area contributed by atoms with Gasteiger partial charge in [-0.3, -0.25) is 4.79 Å². The van der Waals surface area contributed by atoms with Crippen molar-refractivity contribution in [3.63, 3.8) is 0 Å². The molecule has 0 heterocycles. The lowest BCUT2D eigenvalue weighted by molar-refractivity contribution is -0.123. The lowest BCUT2D eigenvalue weighted by atomic mass is 9.79. The van der Waals surface area contributed by atoms with Crippen LogP contribution in [0.4, 0.5) is 0 Å². The van der Waals surface area contributed by atoms with Crippen molar-refractivity contribution in [3.8, 4) is 5.75 Å². The first-order valence-corrected chi connectivity index (χ1v) is 7.30. The van der Waals surface area contributed by atoms with Crippen molar-refractivity contribution >= 4 is 5.91 Å². The molecule has 0 aliphatic heterocycles. The molecule has 1 unspecified atom stereocenters. The van der Waals surface area contributed by atoms with Gasteiger partial charge in [-0.1, -0.05) is 6.07 Å². The van der Waals surface area contributed by atoms with Crippen LogP contribution >= 0.6 is 0 Å². The summed E-state index contributed by atoms with van der Waals surface area (Å²) in [6.45, 7) is 0.307. The molecule has 1 aromatic carbocycles. The fourth-order valence-electron chi connectivity index (χ4n) is 2.97. The largest absolute Gasteiger partial charge is 0.497 e. The topological polar surface area (TPSA) is 58.6 Å². The molecular formula is C16H21NO3. The van der Waals surface area contributed by atoms with E-state index in [0.29, 0.717) is 13.0 Å². The molecule has 0 aromatic heterocycles. The molecule has 1 saturated carbocycles. The molecule has 2 aliphatic rings.